The zero-order valence-electron chi connectivity index (χ0n) is 24.6. The molecule has 1 N–H and O–H groups in total. The maximum atomic E-state index is 15.6. The zero-order chi connectivity index (χ0) is 31.4. The van der Waals surface area contributed by atoms with Crippen molar-refractivity contribution in [1.29, 1.82) is 0 Å². The highest BCUT2D eigenvalue weighted by Gasteiger charge is 2.23. The van der Waals surface area contributed by atoms with E-state index in [1.54, 1.807) is 26.2 Å². The van der Waals surface area contributed by atoms with Gasteiger partial charge in [-0.05, 0) is 55.0 Å². The number of fused-ring (bicyclic) bond motifs is 2. The predicted molar refractivity (Wildman–Crippen MR) is 165 cm³/mol. The van der Waals surface area contributed by atoms with Crippen molar-refractivity contribution in [1.82, 2.24) is 0 Å². The number of aryl methyl sites for hydroxylation is 1. The highest BCUT2D eigenvalue weighted by Crippen LogP contribution is 2.41. The molecule has 0 spiro atoms. The Morgan fingerprint density at radius 2 is 1.47 bits per heavy atom. The minimum absolute atomic E-state index is 0.0390. The van der Waals surface area contributed by atoms with E-state index in [1.807, 2.05) is 12.1 Å². The summed E-state index contributed by atoms with van der Waals surface area (Å²) < 4.78 is 33.8. The van der Waals surface area contributed by atoms with Crippen molar-refractivity contribution in [2.24, 2.45) is 11.8 Å². The Hall–Kier alpha value is -3.83. The molecule has 2 aromatic heterocycles. The first kappa shape index (κ1) is 32.1. The number of carbonyl (C=O) groups is 4. The number of thiophene rings is 2. The van der Waals surface area contributed by atoms with Gasteiger partial charge in [-0.15, -0.1) is 22.7 Å². The summed E-state index contributed by atoms with van der Waals surface area (Å²) in [6, 6.07) is 8.71. The number of methoxy groups -OCH3 is 2. The van der Waals surface area contributed by atoms with E-state index < -0.39 is 23.6 Å². The van der Waals surface area contributed by atoms with Crippen molar-refractivity contribution in [2.75, 3.05) is 20.8 Å². The molecule has 0 fully saturated rings. The molecule has 11 heteroatoms. The lowest BCUT2D eigenvalue weighted by Crippen LogP contribution is -2.13. The Labute approximate surface area is 256 Å². The van der Waals surface area contributed by atoms with Crippen LogP contribution in [0.5, 0.6) is 17.2 Å². The molecule has 8 nitrogen and oxygen atoms in total. The number of halogens is 1. The van der Waals surface area contributed by atoms with Gasteiger partial charge in [-0.25, -0.2) is 4.39 Å². The summed E-state index contributed by atoms with van der Waals surface area (Å²) in [6.07, 6.45) is 1.06. The van der Waals surface area contributed by atoms with Crippen molar-refractivity contribution in [2.45, 2.75) is 46.5 Å². The molecule has 4 aromatic rings. The summed E-state index contributed by atoms with van der Waals surface area (Å²) in [5, 5.41) is 10.2. The van der Waals surface area contributed by atoms with E-state index in [4.69, 9.17) is 19.3 Å². The number of benzene rings is 2. The molecule has 2 heterocycles. The molecule has 0 aliphatic carbocycles. The van der Waals surface area contributed by atoms with Crippen molar-refractivity contribution >= 4 is 66.2 Å². The third kappa shape index (κ3) is 7.22. The number of hydrogen-bond acceptors (Lipinski definition) is 9. The number of carbonyl (C=O) groups excluding carboxylic acids is 3. The van der Waals surface area contributed by atoms with E-state index in [0.29, 0.717) is 33.0 Å². The average molecular weight is 629 g/mol. The van der Waals surface area contributed by atoms with E-state index >= 15 is 4.39 Å². The minimum atomic E-state index is -1.01. The molecule has 0 saturated heterocycles. The standard InChI is InChI=1S/C32H33FO8S2/c1-16(18(3)34)9-22(35)29-13-21-27(43-29)15-25(40-5)31(30(21)33)41-8-6-7-19-11-20-12-28(23(36)10-17(2)32(37)38)42-26(20)14-24(19)39-4/h11-17H,6-10H2,1-5H3,(H,37,38)/t16-,17-/m0/s1. The Kier molecular flexibility index (Phi) is 10.2. The minimum Gasteiger partial charge on any atom is -0.496 e. The van der Waals surface area contributed by atoms with Gasteiger partial charge in [-0.1, -0.05) is 13.8 Å². The summed E-state index contributed by atoms with van der Waals surface area (Å²) in [7, 11) is 2.98. The van der Waals surface area contributed by atoms with Crippen LogP contribution in [0.25, 0.3) is 20.2 Å². The second-order valence-electron chi connectivity index (χ2n) is 10.5. The van der Waals surface area contributed by atoms with Crippen LogP contribution in [0.1, 0.15) is 64.9 Å². The van der Waals surface area contributed by atoms with Gasteiger partial charge in [-0.3, -0.25) is 19.2 Å². The second kappa shape index (κ2) is 13.6. The van der Waals surface area contributed by atoms with Gasteiger partial charge in [0, 0.05) is 39.6 Å². The maximum absolute atomic E-state index is 15.6. The van der Waals surface area contributed by atoms with Crippen molar-refractivity contribution in [3.63, 3.8) is 0 Å². The van der Waals surface area contributed by atoms with E-state index in [0.717, 1.165) is 27.0 Å². The van der Waals surface area contributed by atoms with Gasteiger partial charge in [0.2, 0.25) is 0 Å². The largest absolute Gasteiger partial charge is 0.496 e. The molecule has 0 bridgehead atoms. The van der Waals surface area contributed by atoms with Crippen molar-refractivity contribution < 1.29 is 42.9 Å². The Morgan fingerprint density at radius 1 is 0.860 bits per heavy atom. The van der Waals surface area contributed by atoms with E-state index in [-0.39, 0.29) is 53.7 Å². The number of aliphatic carboxylic acids is 1. The topological polar surface area (TPSA) is 116 Å². The van der Waals surface area contributed by atoms with Crippen LogP contribution in [0.2, 0.25) is 0 Å². The number of Topliss-reactive ketones (excluding diaryl/α,β-unsaturated/α-hetero) is 3. The average Bonchev–Trinajstić information content (AvgIpc) is 3.59. The number of ether oxygens (including phenoxy) is 3. The van der Waals surface area contributed by atoms with Crippen LogP contribution in [-0.2, 0) is 16.0 Å². The molecule has 43 heavy (non-hydrogen) atoms. The number of carboxylic acids is 1. The molecule has 0 unspecified atom stereocenters. The third-order valence-electron chi connectivity index (χ3n) is 7.31. The summed E-state index contributed by atoms with van der Waals surface area (Å²) in [4.78, 5) is 48.9. The number of rotatable bonds is 15. The summed E-state index contributed by atoms with van der Waals surface area (Å²) >= 11 is 2.45. The van der Waals surface area contributed by atoms with Gasteiger partial charge in [0.25, 0.3) is 0 Å². The van der Waals surface area contributed by atoms with Crippen molar-refractivity contribution in [3.8, 4) is 17.2 Å². The number of ketones is 3. The number of hydrogen-bond donors (Lipinski definition) is 1. The Balaban J connectivity index is 1.47. The van der Waals surface area contributed by atoms with Crippen molar-refractivity contribution in [3.05, 3.63) is 51.5 Å². The molecule has 0 saturated carbocycles. The van der Waals surface area contributed by atoms with Crippen LogP contribution < -0.4 is 14.2 Å². The smallest absolute Gasteiger partial charge is 0.306 e. The normalized spacial score (nSPS) is 12.7. The Bertz CT molecular complexity index is 1700. The quantitative estimate of drug-likeness (QED) is 0.107. The fourth-order valence-electron chi connectivity index (χ4n) is 4.59. The second-order valence-corrected chi connectivity index (χ2v) is 12.7. The summed E-state index contributed by atoms with van der Waals surface area (Å²) in [6.45, 7) is 4.82. The van der Waals surface area contributed by atoms with Gasteiger partial charge in [0.05, 0.1) is 36.5 Å². The van der Waals surface area contributed by atoms with Gasteiger partial charge in [0.1, 0.15) is 11.5 Å². The van der Waals surface area contributed by atoms with Gasteiger partial charge < -0.3 is 19.3 Å². The van der Waals surface area contributed by atoms with Crippen LogP contribution >= 0.6 is 22.7 Å². The van der Waals surface area contributed by atoms with E-state index in [2.05, 4.69) is 0 Å². The molecule has 0 aliphatic heterocycles. The summed E-state index contributed by atoms with van der Waals surface area (Å²) in [5.41, 5.74) is 0.887. The van der Waals surface area contributed by atoms with Crippen LogP contribution in [-0.4, -0.2) is 49.3 Å². The first-order valence-corrected chi connectivity index (χ1v) is 15.4. The Morgan fingerprint density at radius 3 is 2.09 bits per heavy atom. The van der Waals surface area contributed by atoms with Gasteiger partial charge >= 0.3 is 5.97 Å². The molecule has 0 amide bonds. The summed E-state index contributed by atoms with van der Waals surface area (Å²) in [5.74, 6) is -2.48. The van der Waals surface area contributed by atoms with Gasteiger partial charge in [-0.2, -0.15) is 0 Å². The fraction of sp³-hybridized carbons (Fsp3) is 0.375. The monoisotopic (exact) mass is 628 g/mol. The lowest BCUT2D eigenvalue weighted by molar-refractivity contribution is -0.141. The number of carboxylic acid groups (broad SMARTS) is 1. The fourth-order valence-corrected chi connectivity index (χ4v) is 6.64. The molecule has 0 aliphatic rings. The van der Waals surface area contributed by atoms with Crippen LogP contribution in [0.3, 0.4) is 0 Å². The molecule has 228 valence electrons. The third-order valence-corrected chi connectivity index (χ3v) is 9.57. The first-order chi connectivity index (χ1) is 20.4. The van der Waals surface area contributed by atoms with Crippen LogP contribution in [0.4, 0.5) is 4.39 Å². The van der Waals surface area contributed by atoms with Crippen LogP contribution in [0.15, 0.2) is 30.3 Å². The lowest BCUT2D eigenvalue weighted by Gasteiger charge is -2.13. The van der Waals surface area contributed by atoms with Crippen LogP contribution in [0, 0.1) is 17.7 Å². The molecular weight excluding hydrogens is 595 g/mol. The molecule has 4 rings (SSSR count). The highest BCUT2D eigenvalue weighted by molar-refractivity contribution is 7.21. The highest BCUT2D eigenvalue weighted by atomic mass is 32.1. The molecule has 2 aromatic carbocycles. The SMILES string of the molecule is COc1cc2sc(C(=O)C[C@H](C)C(=O)O)cc2cc1CCCOc1c(OC)cc2sc(C(=O)C[C@H](C)C(C)=O)cc2c1F. The zero-order valence-corrected chi connectivity index (χ0v) is 26.2. The van der Waals surface area contributed by atoms with E-state index in [1.165, 1.54) is 38.4 Å². The lowest BCUT2D eigenvalue weighted by atomic mass is 10.00. The molecule has 2 atom stereocenters. The molecular formula is C32H33FO8S2. The van der Waals surface area contributed by atoms with E-state index in [9.17, 15) is 19.2 Å². The molecule has 0 radical (unpaired) electrons. The first-order valence-electron chi connectivity index (χ1n) is 13.8. The maximum Gasteiger partial charge on any atom is 0.306 e. The van der Waals surface area contributed by atoms with Gasteiger partial charge in [0.15, 0.2) is 28.9 Å². The predicted octanol–water partition coefficient (Wildman–Crippen LogP) is 7.38.